The number of piperazine rings is 1. The second kappa shape index (κ2) is 7.91. The van der Waals surface area contributed by atoms with Crippen LogP contribution >= 0.6 is 0 Å². The lowest BCUT2D eigenvalue weighted by Gasteiger charge is -2.43. The maximum Gasteiger partial charge on any atom is 0.289 e. The number of hydrogen-bond acceptors (Lipinski definition) is 6. The van der Waals surface area contributed by atoms with Gasteiger partial charge in [0.1, 0.15) is 11.5 Å². The third kappa shape index (κ3) is 3.67. The van der Waals surface area contributed by atoms with Crippen LogP contribution in [-0.2, 0) is 13.1 Å². The van der Waals surface area contributed by atoms with Gasteiger partial charge in [-0.2, -0.15) is 5.10 Å². The molecule has 160 valence electrons. The first-order valence-corrected chi connectivity index (χ1v) is 10.1. The number of amides is 2. The summed E-state index contributed by atoms with van der Waals surface area (Å²) in [5.41, 5.74) is 1.24. The largest absolute Gasteiger partial charge is 0.345 e. The van der Waals surface area contributed by atoms with Crippen molar-refractivity contribution in [1.29, 1.82) is 0 Å². The summed E-state index contributed by atoms with van der Waals surface area (Å²) < 4.78 is 14.9. The molecule has 1 saturated heterocycles. The number of carbonyl (C=O) groups excluding carboxylic acids is 2. The molecule has 1 atom stereocenters. The Kier molecular flexibility index (Phi) is 4.94. The fraction of sp³-hybridized carbons (Fsp3) is 0.350. The number of fused-ring (bicyclic) bond motifs is 3. The average Bonchev–Trinajstić information content (AvgIpc) is 3.48. The highest BCUT2D eigenvalue weighted by Gasteiger charge is 2.38. The molecule has 2 amide bonds. The van der Waals surface area contributed by atoms with E-state index in [1.165, 1.54) is 12.1 Å². The lowest BCUT2D eigenvalue weighted by Crippen LogP contribution is -2.53. The first-order chi connectivity index (χ1) is 15.1. The lowest BCUT2D eigenvalue weighted by molar-refractivity contribution is 0.0368. The molecule has 0 radical (unpaired) electrons. The number of benzene rings is 1. The van der Waals surface area contributed by atoms with Gasteiger partial charge in [-0.1, -0.05) is 12.1 Å². The number of aromatic nitrogens is 5. The number of H-pyrrole nitrogens is 1. The molecule has 2 aromatic heterocycles. The topological polar surface area (TPSA) is 112 Å². The molecule has 11 heteroatoms. The molecule has 5 rings (SSSR count). The standard InChI is InChI=1S/C20H21FN8O2/c21-14-3-1-13(2-4-14)11-22-19(30)18-26-25-17-16-12-28(20(31)15-5-6-23-24-15)8-7-27(16)9-10-29(17)18/h1-6,16H,7-12H2,(H,22,30)(H,23,24)/t16-/m0/s1. The van der Waals surface area contributed by atoms with Gasteiger partial charge < -0.3 is 14.8 Å². The molecule has 10 nitrogen and oxygen atoms in total. The maximum absolute atomic E-state index is 13.0. The molecule has 0 aliphatic carbocycles. The van der Waals surface area contributed by atoms with Crippen molar-refractivity contribution < 1.29 is 14.0 Å². The maximum atomic E-state index is 13.0. The molecule has 2 aliphatic heterocycles. The quantitative estimate of drug-likeness (QED) is 0.634. The molecule has 0 unspecified atom stereocenters. The van der Waals surface area contributed by atoms with Crippen LogP contribution in [0.1, 0.15) is 38.5 Å². The molecular weight excluding hydrogens is 403 g/mol. The number of nitrogens with one attached hydrogen (secondary N) is 2. The Balaban J connectivity index is 1.30. The Morgan fingerprint density at radius 2 is 1.90 bits per heavy atom. The summed E-state index contributed by atoms with van der Waals surface area (Å²) in [7, 11) is 0. The summed E-state index contributed by atoms with van der Waals surface area (Å²) in [6, 6.07) is 7.49. The SMILES string of the molecule is O=C(NCc1ccc(F)cc1)c1nnc2n1CCN1CCN(C(=O)c3ccn[nH]3)C[C@@H]21. The van der Waals surface area contributed by atoms with E-state index < -0.39 is 0 Å². The van der Waals surface area contributed by atoms with Gasteiger partial charge in [-0.25, -0.2) is 4.39 Å². The van der Waals surface area contributed by atoms with Gasteiger partial charge in [-0.3, -0.25) is 19.6 Å². The van der Waals surface area contributed by atoms with Crippen molar-refractivity contribution in [2.45, 2.75) is 19.1 Å². The summed E-state index contributed by atoms with van der Waals surface area (Å²) in [5, 5.41) is 17.8. The summed E-state index contributed by atoms with van der Waals surface area (Å²) >= 11 is 0. The zero-order chi connectivity index (χ0) is 21.4. The van der Waals surface area contributed by atoms with E-state index in [0.717, 1.165) is 18.7 Å². The highest BCUT2D eigenvalue weighted by molar-refractivity contribution is 5.92. The van der Waals surface area contributed by atoms with Crippen molar-refractivity contribution in [3.63, 3.8) is 0 Å². The number of carbonyl (C=O) groups is 2. The van der Waals surface area contributed by atoms with Gasteiger partial charge in [-0.15, -0.1) is 10.2 Å². The summed E-state index contributed by atoms with van der Waals surface area (Å²) in [5.74, 6) is 0.163. The average molecular weight is 424 g/mol. The minimum Gasteiger partial charge on any atom is -0.345 e. The van der Waals surface area contributed by atoms with Gasteiger partial charge >= 0.3 is 0 Å². The number of rotatable bonds is 4. The van der Waals surface area contributed by atoms with Crippen LogP contribution in [0.4, 0.5) is 4.39 Å². The van der Waals surface area contributed by atoms with Crippen molar-refractivity contribution in [2.24, 2.45) is 0 Å². The Morgan fingerprint density at radius 1 is 1.10 bits per heavy atom. The Morgan fingerprint density at radius 3 is 2.68 bits per heavy atom. The Labute approximate surface area is 177 Å². The number of halogens is 1. The molecule has 0 saturated carbocycles. The van der Waals surface area contributed by atoms with E-state index in [-0.39, 0.29) is 36.0 Å². The molecule has 1 fully saturated rings. The number of nitrogens with zero attached hydrogens (tertiary/aromatic N) is 6. The van der Waals surface area contributed by atoms with E-state index in [0.29, 0.717) is 31.2 Å². The van der Waals surface area contributed by atoms with Crippen molar-refractivity contribution in [2.75, 3.05) is 26.2 Å². The van der Waals surface area contributed by atoms with Gasteiger partial charge in [0.25, 0.3) is 11.8 Å². The predicted molar refractivity (Wildman–Crippen MR) is 106 cm³/mol. The second-order valence-corrected chi connectivity index (χ2v) is 7.62. The molecule has 3 aromatic rings. The van der Waals surface area contributed by atoms with E-state index in [1.807, 2.05) is 4.57 Å². The van der Waals surface area contributed by atoms with Crippen LogP contribution in [0, 0.1) is 5.82 Å². The molecule has 31 heavy (non-hydrogen) atoms. The van der Waals surface area contributed by atoms with Crippen molar-refractivity contribution in [3.05, 3.63) is 65.3 Å². The van der Waals surface area contributed by atoms with Gasteiger partial charge in [0.2, 0.25) is 5.82 Å². The van der Waals surface area contributed by atoms with Crippen LogP contribution in [0.2, 0.25) is 0 Å². The van der Waals surface area contributed by atoms with E-state index in [1.54, 1.807) is 29.3 Å². The van der Waals surface area contributed by atoms with Crippen molar-refractivity contribution in [3.8, 4) is 0 Å². The van der Waals surface area contributed by atoms with Gasteiger partial charge in [-0.05, 0) is 23.8 Å². The monoisotopic (exact) mass is 424 g/mol. The van der Waals surface area contributed by atoms with Crippen LogP contribution in [0.5, 0.6) is 0 Å². The third-order valence-corrected chi connectivity index (χ3v) is 5.77. The smallest absolute Gasteiger partial charge is 0.289 e. The van der Waals surface area contributed by atoms with Crippen LogP contribution in [0.25, 0.3) is 0 Å². The third-order valence-electron chi connectivity index (χ3n) is 5.77. The fourth-order valence-electron chi connectivity index (χ4n) is 4.11. The highest BCUT2D eigenvalue weighted by atomic mass is 19.1. The molecule has 0 bridgehead atoms. The first kappa shape index (κ1) is 19.4. The van der Waals surface area contributed by atoms with Crippen LogP contribution < -0.4 is 5.32 Å². The summed E-state index contributed by atoms with van der Waals surface area (Å²) in [6.45, 7) is 3.43. The Bertz CT molecular complexity index is 1100. The molecule has 1 aromatic carbocycles. The zero-order valence-electron chi connectivity index (χ0n) is 16.7. The van der Waals surface area contributed by atoms with Crippen LogP contribution in [-0.4, -0.2) is 72.8 Å². The molecule has 0 spiro atoms. The zero-order valence-corrected chi connectivity index (χ0v) is 16.7. The van der Waals surface area contributed by atoms with Crippen LogP contribution in [0.15, 0.2) is 36.5 Å². The van der Waals surface area contributed by atoms with E-state index in [4.69, 9.17) is 0 Å². The molecule has 2 N–H and O–H groups in total. The number of hydrogen-bond donors (Lipinski definition) is 2. The van der Waals surface area contributed by atoms with E-state index in [2.05, 4.69) is 30.6 Å². The minimum atomic E-state index is -0.335. The fourth-order valence-corrected chi connectivity index (χ4v) is 4.11. The number of aromatic amines is 1. The predicted octanol–water partition coefficient (Wildman–Crippen LogP) is 0.583. The summed E-state index contributed by atoms with van der Waals surface area (Å²) in [6.07, 6.45) is 1.55. The molecular formula is C20H21FN8O2. The van der Waals surface area contributed by atoms with Gasteiger partial charge in [0.05, 0.1) is 6.04 Å². The normalized spacial score (nSPS) is 18.4. The molecule has 2 aliphatic rings. The lowest BCUT2D eigenvalue weighted by atomic mass is 10.1. The molecule has 4 heterocycles. The first-order valence-electron chi connectivity index (χ1n) is 10.1. The van der Waals surface area contributed by atoms with E-state index in [9.17, 15) is 14.0 Å². The second-order valence-electron chi connectivity index (χ2n) is 7.62. The summed E-state index contributed by atoms with van der Waals surface area (Å²) in [4.78, 5) is 29.5. The Hall–Kier alpha value is -3.60. The highest BCUT2D eigenvalue weighted by Crippen LogP contribution is 2.29. The minimum absolute atomic E-state index is 0.106. The van der Waals surface area contributed by atoms with Gasteiger partial charge in [0.15, 0.2) is 5.82 Å². The van der Waals surface area contributed by atoms with Crippen LogP contribution in [0.3, 0.4) is 0 Å². The van der Waals surface area contributed by atoms with Crippen molar-refractivity contribution >= 4 is 11.8 Å². The van der Waals surface area contributed by atoms with Crippen molar-refractivity contribution in [1.82, 2.24) is 40.1 Å². The van der Waals surface area contributed by atoms with E-state index >= 15 is 0 Å². The van der Waals surface area contributed by atoms with Gasteiger partial charge in [0, 0.05) is 45.5 Å².